The number of halogens is 2. The highest BCUT2D eigenvalue weighted by atomic mass is 35.5. The summed E-state index contributed by atoms with van der Waals surface area (Å²) in [6.07, 6.45) is 2.62. The molecule has 4 rings (SSSR count). The molecule has 0 spiro atoms. The van der Waals surface area contributed by atoms with Gasteiger partial charge in [-0.3, -0.25) is 4.79 Å². The smallest absolute Gasteiger partial charge is 0.240 e. The Hall–Kier alpha value is -1.25. The van der Waals surface area contributed by atoms with Crippen LogP contribution in [0.4, 0.5) is 5.69 Å². The molecule has 2 aromatic carbocycles. The Bertz CT molecular complexity index is 1070. The molecule has 0 bridgehead atoms. The largest absolute Gasteiger partial charge is 0.312 e. The molecule has 9 heteroatoms. The highest BCUT2D eigenvalue weighted by Gasteiger charge is 2.36. The summed E-state index contributed by atoms with van der Waals surface area (Å²) in [6, 6.07) is 10.5. The van der Waals surface area contributed by atoms with E-state index in [0.717, 1.165) is 35.4 Å². The third kappa shape index (κ3) is 4.97. The fourth-order valence-corrected chi connectivity index (χ4v) is 5.81. The van der Waals surface area contributed by atoms with E-state index in [4.69, 9.17) is 23.2 Å². The Kier molecular flexibility index (Phi) is 6.65. The number of amides is 1. The van der Waals surface area contributed by atoms with E-state index in [-0.39, 0.29) is 16.7 Å². The van der Waals surface area contributed by atoms with Gasteiger partial charge in [0.25, 0.3) is 0 Å². The fraction of sp³-hybridized carbons (Fsp3) is 0.381. The summed E-state index contributed by atoms with van der Waals surface area (Å²) in [5.74, 6) is 1.68. The van der Waals surface area contributed by atoms with Crippen LogP contribution >= 0.6 is 35.0 Å². The minimum absolute atomic E-state index is 0.155. The molecular weight excluding hydrogens is 463 g/mol. The third-order valence-corrected chi connectivity index (χ3v) is 8.47. The molecule has 1 amide bonds. The van der Waals surface area contributed by atoms with Crippen molar-refractivity contribution < 1.29 is 13.2 Å². The van der Waals surface area contributed by atoms with Crippen LogP contribution in [0.15, 0.2) is 41.3 Å². The normalized spacial score (nSPS) is 16.0. The second-order valence-corrected chi connectivity index (χ2v) is 11.2. The van der Waals surface area contributed by atoms with Crippen molar-refractivity contribution in [2.45, 2.75) is 29.9 Å². The molecule has 1 saturated carbocycles. The van der Waals surface area contributed by atoms with Crippen LogP contribution in [0.25, 0.3) is 0 Å². The van der Waals surface area contributed by atoms with Gasteiger partial charge in [-0.1, -0.05) is 29.3 Å². The van der Waals surface area contributed by atoms with E-state index in [9.17, 15) is 13.2 Å². The van der Waals surface area contributed by atoms with Crippen LogP contribution in [0.1, 0.15) is 24.0 Å². The molecular formula is C21H22Cl2N2O3S2. The predicted molar refractivity (Wildman–Crippen MR) is 123 cm³/mol. The highest BCUT2D eigenvalue weighted by Crippen LogP contribution is 2.37. The highest BCUT2D eigenvalue weighted by molar-refractivity contribution is 7.98. The number of hydrogen-bond donors (Lipinski definition) is 1. The zero-order chi connectivity index (χ0) is 21.3. The van der Waals surface area contributed by atoms with Gasteiger partial charge in [0.1, 0.15) is 0 Å². The lowest BCUT2D eigenvalue weighted by atomic mass is 10.2. The van der Waals surface area contributed by atoms with E-state index < -0.39 is 10.0 Å². The SMILES string of the molecule is O=C(C1CC1)N1CCc2cc(S(=O)(=O)NCCSCc3ccc(Cl)c(Cl)c3)ccc21. The van der Waals surface area contributed by atoms with E-state index in [1.165, 1.54) is 0 Å². The van der Waals surface area contributed by atoms with Crippen molar-refractivity contribution in [3.8, 4) is 0 Å². The topological polar surface area (TPSA) is 66.5 Å². The predicted octanol–water partition coefficient (Wildman–Crippen LogP) is 4.50. The Morgan fingerprint density at radius 1 is 1.13 bits per heavy atom. The zero-order valence-corrected chi connectivity index (χ0v) is 19.4. The molecule has 2 aliphatic rings. The van der Waals surface area contributed by atoms with E-state index in [0.29, 0.717) is 35.3 Å². The van der Waals surface area contributed by atoms with E-state index in [2.05, 4.69) is 4.72 Å². The summed E-state index contributed by atoms with van der Waals surface area (Å²) in [7, 11) is -3.59. The molecule has 0 atom stereocenters. The first-order valence-corrected chi connectivity index (χ1v) is 13.2. The molecule has 0 unspecified atom stereocenters. The zero-order valence-electron chi connectivity index (χ0n) is 16.2. The lowest BCUT2D eigenvalue weighted by Gasteiger charge is -2.17. The van der Waals surface area contributed by atoms with Crippen molar-refractivity contribution >= 4 is 56.6 Å². The van der Waals surface area contributed by atoms with Crippen molar-refractivity contribution in [2.75, 3.05) is 23.7 Å². The molecule has 0 aromatic heterocycles. The maximum Gasteiger partial charge on any atom is 0.240 e. The Morgan fingerprint density at radius 2 is 1.93 bits per heavy atom. The molecule has 0 saturated heterocycles. The summed E-state index contributed by atoms with van der Waals surface area (Å²) < 4.78 is 28.0. The average molecular weight is 485 g/mol. The van der Waals surface area contributed by atoms with Gasteiger partial charge in [0, 0.05) is 36.2 Å². The molecule has 1 N–H and O–H groups in total. The quantitative estimate of drug-likeness (QED) is 0.559. The van der Waals surface area contributed by atoms with Gasteiger partial charge in [-0.15, -0.1) is 0 Å². The number of rotatable bonds is 8. The van der Waals surface area contributed by atoms with Crippen LogP contribution in [0.5, 0.6) is 0 Å². The second kappa shape index (κ2) is 9.09. The van der Waals surface area contributed by atoms with E-state index >= 15 is 0 Å². The maximum atomic E-state index is 12.6. The molecule has 160 valence electrons. The molecule has 5 nitrogen and oxygen atoms in total. The van der Waals surface area contributed by atoms with Gasteiger partial charge in [-0.2, -0.15) is 11.8 Å². The number of carbonyl (C=O) groups is 1. The number of fused-ring (bicyclic) bond motifs is 1. The number of nitrogens with one attached hydrogen (secondary N) is 1. The summed E-state index contributed by atoms with van der Waals surface area (Å²) in [5, 5.41) is 1.04. The molecule has 2 aromatic rings. The minimum Gasteiger partial charge on any atom is -0.312 e. The van der Waals surface area contributed by atoms with Gasteiger partial charge in [-0.05, 0) is 60.7 Å². The first kappa shape index (κ1) is 22.0. The number of hydrogen-bond acceptors (Lipinski definition) is 4. The van der Waals surface area contributed by atoms with Crippen LogP contribution in [-0.2, 0) is 27.0 Å². The molecule has 0 radical (unpaired) electrons. The van der Waals surface area contributed by atoms with Crippen LogP contribution in [-0.4, -0.2) is 33.2 Å². The number of benzene rings is 2. The first-order chi connectivity index (χ1) is 14.3. The first-order valence-electron chi connectivity index (χ1n) is 9.81. The summed E-state index contributed by atoms with van der Waals surface area (Å²) in [5.41, 5.74) is 2.81. The number of anilines is 1. The van der Waals surface area contributed by atoms with Gasteiger partial charge in [0.2, 0.25) is 15.9 Å². The Balaban J connectivity index is 1.30. The second-order valence-electron chi connectivity index (χ2n) is 7.50. The van der Waals surface area contributed by atoms with Crippen LogP contribution < -0.4 is 9.62 Å². The van der Waals surface area contributed by atoms with Crippen molar-refractivity contribution in [3.05, 3.63) is 57.6 Å². The van der Waals surface area contributed by atoms with E-state index in [1.807, 2.05) is 12.1 Å². The summed E-state index contributed by atoms with van der Waals surface area (Å²) in [6.45, 7) is 0.963. The van der Waals surface area contributed by atoms with Crippen molar-refractivity contribution in [3.63, 3.8) is 0 Å². The number of sulfonamides is 1. The van der Waals surface area contributed by atoms with Crippen LogP contribution in [0, 0.1) is 5.92 Å². The van der Waals surface area contributed by atoms with Crippen molar-refractivity contribution in [1.29, 1.82) is 0 Å². The van der Waals surface area contributed by atoms with Gasteiger partial charge in [-0.25, -0.2) is 13.1 Å². The van der Waals surface area contributed by atoms with Gasteiger partial charge < -0.3 is 4.90 Å². The Labute approximate surface area is 191 Å². The fourth-order valence-electron chi connectivity index (χ4n) is 3.48. The van der Waals surface area contributed by atoms with Crippen LogP contribution in [0.2, 0.25) is 10.0 Å². The van der Waals surface area contributed by atoms with Crippen molar-refractivity contribution in [1.82, 2.24) is 4.72 Å². The van der Waals surface area contributed by atoms with Crippen molar-refractivity contribution in [2.24, 2.45) is 5.92 Å². The average Bonchev–Trinajstić information content (AvgIpc) is 3.48. The molecule has 1 heterocycles. The van der Waals surface area contributed by atoms with Gasteiger partial charge >= 0.3 is 0 Å². The third-order valence-electron chi connectivity index (χ3n) is 5.24. The summed E-state index contributed by atoms with van der Waals surface area (Å²) >= 11 is 13.5. The van der Waals surface area contributed by atoms with E-state index in [1.54, 1.807) is 40.9 Å². The van der Waals surface area contributed by atoms with Crippen LogP contribution in [0.3, 0.4) is 0 Å². The molecule has 1 aliphatic heterocycles. The summed E-state index contributed by atoms with van der Waals surface area (Å²) in [4.78, 5) is 14.4. The number of nitrogens with zero attached hydrogens (tertiary/aromatic N) is 1. The number of thioether (sulfide) groups is 1. The lowest BCUT2D eigenvalue weighted by Crippen LogP contribution is -2.30. The minimum atomic E-state index is -3.59. The monoisotopic (exact) mass is 484 g/mol. The molecule has 1 aliphatic carbocycles. The van der Waals surface area contributed by atoms with Gasteiger partial charge in [0.15, 0.2) is 0 Å². The maximum absolute atomic E-state index is 12.6. The Morgan fingerprint density at radius 3 is 2.67 bits per heavy atom. The standard InChI is InChI=1S/C21H22Cl2N2O3S2/c22-18-5-1-14(11-19(18)23)13-29-10-8-24-30(27,28)17-4-6-20-16(12-17)7-9-25(20)21(26)15-2-3-15/h1,4-6,11-12,15,24H,2-3,7-10,13H2. The molecule has 30 heavy (non-hydrogen) atoms. The lowest BCUT2D eigenvalue weighted by molar-refractivity contribution is -0.119. The number of carbonyl (C=O) groups excluding carboxylic acids is 1. The molecule has 1 fully saturated rings. The van der Waals surface area contributed by atoms with Gasteiger partial charge in [0.05, 0.1) is 14.9 Å².